The number of hydrogen-bond donors (Lipinski definition) is 1. The highest BCUT2D eigenvalue weighted by atomic mass is 19.2. The van der Waals surface area contributed by atoms with Crippen LogP contribution in [0, 0.1) is 11.6 Å². The molecule has 0 aliphatic rings. The van der Waals surface area contributed by atoms with Crippen molar-refractivity contribution in [3.05, 3.63) is 35.4 Å². The lowest BCUT2D eigenvalue weighted by molar-refractivity contribution is -0.423. The summed E-state index contributed by atoms with van der Waals surface area (Å²) < 4.78 is 25.3. The van der Waals surface area contributed by atoms with Gasteiger partial charge in [0.05, 0.1) is 6.04 Å². The minimum Gasteiger partial charge on any atom is -0.550 e. The number of halogens is 2. The van der Waals surface area contributed by atoms with Gasteiger partial charge in [-0.3, -0.25) is 0 Å². The number of rotatable bonds is 4. The normalized spacial score (nSPS) is 12.5. The lowest BCUT2D eigenvalue weighted by Gasteiger charge is -2.09. The summed E-state index contributed by atoms with van der Waals surface area (Å²) in [5.74, 6) is -3.05. The smallest absolute Gasteiger partial charge is 0.159 e. The topological polar surface area (TPSA) is 67.8 Å². The second kappa shape index (κ2) is 4.84. The van der Waals surface area contributed by atoms with Crippen LogP contribution < -0.4 is 10.8 Å². The molecule has 0 fully saturated rings. The Hall–Kier alpha value is -1.49. The molecule has 1 aromatic carbocycles. The third kappa shape index (κ3) is 3.63. The van der Waals surface area contributed by atoms with E-state index in [-0.39, 0.29) is 12.8 Å². The molecule has 5 heteroatoms. The predicted octanol–water partition coefficient (Wildman–Crippen LogP) is -0.742. The molecule has 15 heavy (non-hydrogen) atoms. The van der Waals surface area contributed by atoms with E-state index in [1.54, 1.807) is 0 Å². The van der Waals surface area contributed by atoms with E-state index in [2.05, 4.69) is 5.73 Å². The summed E-state index contributed by atoms with van der Waals surface area (Å²) in [4.78, 5) is 10.2. The van der Waals surface area contributed by atoms with Gasteiger partial charge in [-0.05, 0) is 17.7 Å². The highest BCUT2D eigenvalue weighted by molar-refractivity contribution is 5.64. The number of quaternary nitrogens is 1. The summed E-state index contributed by atoms with van der Waals surface area (Å²) >= 11 is 0. The van der Waals surface area contributed by atoms with Gasteiger partial charge in [0.1, 0.15) is 0 Å². The molecule has 0 aromatic heterocycles. The van der Waals surface area contributed by atoms with Crippen LogP contribution in [0.3, 0.4) is 0 Å². The van der Waals surface area contributed by atoms with E-state index in [0.29, 0.717) is 5.56 Å². The van der Waals surface area contributed by atoms with E-state index in [9.17, 15) is 18.7 Å². The first-order valence-electron chi connectivity index (χ1n) is 4.46. The van der Waals surface area contributed by atoms with Crippen LogP contribution in [0.25, 0.3) is 0 Å². The van der Waals surface area contributed by atoms with Crippen LogP contribution in [0.2, 0.25) is 0 Å². The van der Waals surface area contributed by atoms with Gasteiger partial charge in [0.2, 0.25) is 0 Å². The fourth-order valence-electron chi connectivity index (χ4n) is 1.31. The van der Waals surface area contributed by atoms with E-state index >= 15 is 0 Å². The molecule has 0 saturated carbocycles. The second-order valence-electron chi connectivity index (χ2n) is 3.39. The maximum Gasteiger partial charge on any atom is 0.159 e. The van der Waals surface area contributed by atoms with E-state index in [0.717, 1.165) is 12.1 Å². The highest BCUT2D eigenvalue weighted by Gasteiger charge is 2.10. The van der Waals surface area contributed by atoms with Crippen LogP contribution in [-0.2, 0) is 11.2 Å². The van der Waals surface area contributed by atoms with Crippen molar-refractivity contribution in [2.75, 3.05) is 0 Å². The van der Waals surface area contributed by atoms with Crippen LogP contribution in [0.5, 0.6) is 0 Å². The van der Waals surface area contributed by atoms with Gasteiger partial charge in [0.25, 0.3) is 0 Å². The summed E-state index contributed by atoms with van der Waals surface area (Å²) in [7, 11) is 0. The van der Waals surface area contributed by atoms with Crippen LogP contribution in [0.15, 0.2) is 18.2 Å². The van der Waals surface area contributed by atoms with Gasteiger partial charge in [-0.25, -0.2) is 8.78 Å². The number of benzene rings is 1. The molecule has 82 valence electrons. The minimum absolute atomic E-state index is 0.195. The summed E-state index contributed by atoms with van der Waals surface area (Å²) in [6.45, 7) is 0. The lowest BCUT2D eigenvalue weighted by atomic mass is 10.0. The Morgan fingerprint density at radius 2 is 2.07 bits per heavy atom. The number of aliphatic carboxylic acids is 1. The fraction of sp³-hybridized carbons (Fsp3) is 0.300. The van der Waals surface area contributed by atoms with Crippen molar-refractivity contribution >= 4 is 5.97 Å². The zero-order valence-corrected chi connectivity index (χ0v) is 8.00. The van der Waals surface area contributed by atoms with E-state index in [1.807, 2.05) is 0 Å². The molecule has 3 nitrogen and oxygen atoms in total. The molecule has 0 saturated heterocycles. The lowest BCUT2D eigenvalue weighted by Crippen LogP contribution is -2.63. The van der Waals surface area contributed by atoms with Crippen molar-refractivity contribution in [1.29, 1.82) is 0 Å². The third-order valence-electron chi connectivity index (χ3n) is 1.96. The molecule has 0 radical (unpaired) electrons. The van der Waals surface area contributed by atoms with Crippen molar-refractivity contribution in [2.45, 2.75) is 18.9 Å². The molecule has 0 bridgehead atoms. The van der Waals surface area contributed by atoms with Gasteiger partial charge in [-0.1, -0.05) is 6.07 Å². The Morgan fingerprint density at radius 3 is 2.60 bits per heavy atom. The number of carboxylic acid groups (broad SMARTS) is 1. The number of carboxylic acids is 1. The average Bonchev–Trinajstić information content (AvgIpc) is 2.10. The highest BCUT2D eigenvalue weighted by Crippen LogP contribution is 2.10. The van der Waals surface area contributed by atoms with Gasteiger partial charge in [-0.2, -0.15) is 0 Å². The number of carbonyl (C=O) groups excluding carboxylic acids is 1. The molecule has 0 unspecified atom stereocenters. The molecule has 0 aliphatic heterocycles. The molecule has 1 aromatic rings. The summed E-state index contributed by atoms with van der Waals surface area (Å²) in [6.07, 6.45) is 0.0875. The Bertz CT molecular complexity index is 368. The average molecular weight is 215 g/mol. The van der Waals surface area contributed by atoms with Gasteiger partial charge in [-0.15, -0.1) is 0 Å². The largest absolute Gasteiger partial charge is 0.550 e. The first kappa shape index (κ1) is 11.6. The van der Waals surface area contributed by atoms with Gasteiger partial charge in [0.15, 0.2) is 11.6 Å². The zero-order valence-electron chi connectivity index (χ0n) is 8.00. The molecule has 3 N–H and O–H groups in total. The summed E-state index contributed by atoms with van der Waals surface area (Å²) in [5, 5.41) is 10.2. The monoisotopic (exact) mass is 215 g/mol. The van der Waals surface area contributed by atoms with Crippen molar-refractivity contribution in [3.63, 3.8) is 0 Å². The Morgan fingerprint density at radius 1 is 1.40 bits per heavy atom. The first-order chi connectivity index (χ1) is 6.99. The Kier molecular flexibility index (Phi) is 3.74. The second-order valence-corrected chi connectivity index (χ2v) is 3.39. The minimum atomic E-state index is -1.20. The maximum absolute atomic E-state index is 12.8. The molecule has 1 rings (SSSR count). The Labute approximate surface area is 85.5 Å². The fourth-order valence-corrected chi connectivity index (χ4v) is 1.31. The van der Waals surface area contributed by atoms with Crippen LogP contribution in [0.1, 0.15) is 12.0 Å². The molecule has 0 heterocycles. The molecule has 0 spiro atoms. The third-order valence-corrected chi connectivity index (χ3v) is 1.96. The quantitative estimate of drug-likeness (QED) is 0.718. The Balaban J connectivity index is 2.64. The van der Waals surface area contributed by atoms with Gasteiger partial charge in [0, 0.05) is 18.8 Å². The molecule has 0 amide bonds. The van der Waals surface area contributed by atoms with Crippen LogP contribution in [0.4, 0.5) is 8.78 Å². The van der Waals surface area contributed by atoms with Crippen molar-refractivity contribution in [3.8, 4) is 0 Å². The van der Waals surface area contributed by atoms with Crippen LogP contribution >= 0.6 is 0 Å². The number of carbonyl (C=O) groups is 1. The van der Waals surface area contributed by atoms with Crippen molar-refractivity contribution < 1.29 is 24.4 Å². The number of hydrogen-bond acceptors (Lipinski definition) is 2. The SMILES string of the molecule is [NH3+][C@@H](CC(=O)[O-])Cc1ccc(F)c(F)c1. The van der Waals surface area contributed by atoms with Crippen molar-refractivity contribution in [2.24, 2.45) is 0 Å². The van der Waals surface area contributed by atoms with E-state index in [4.69, 9.17) is 0 Å². The first-order valence-corrected chi connectivity index (χ1v) is 4.46. The van der Waals surface area contributed by atoms with E-state index < -0.39 is 23.6 Å². The molecule has 1 atom stereocenters. The summed E-state index contributed by atoms with van der Waals surface area (Å²) in [6, 6.07) is 3.06. The summed E-state index contributed by atoms with van der Waals surface area (Å²) in [5.41, 5.74) is 4.11. The predicted molar refractivity (Wildman–Crippen MR) is 46.4 cm³/mol. The molecular formula is C10H11F2NO2. The standard InChI is InChI=1S/C10H11F2NO2/c11-8-2-1-6(4-9(8)12)3-7(13)5-10(14)15/h1-2,4,7H,3,5,13H2,(H,14,15)/t7-/m1/s1. The maximum atomic E-state index is 12.8. The van der Waals surface area contributed by atoms with Crippen molar-refractivity contribution in [1.82, 2.24) is 0 Å². The van der Waals surface area contributed by atoms with Gasteiger partial charge >= 0.3 is 0 Å². The van der Waals surface area contributed by atoms with E-state index in [1.165, 1.54) is 6.07 Å². The van der Waals surface area contributed by atoms with Gasteiger partial charge < -0.3 is 15.6 Å². The molecular weight excluding hydrogens is 204 g/mol. The molecule has 0 aliphatic carbocycles. The zero-order chi connectivity index (χ0) is 11.4. The van der Waals surface area contributed by atoms with Crippen LogP contribution in [-0.4, -0.2) is 12.0 Å².